The maximum absolute atomic E-state index is 11.5. The van der Waals surface area contributed by atoms with E-state index in [-0.39, 0.29) is 29.0 Å². The Morgan fingerprint density at radius 2 is 2.29 bits per heavy atom. The molecular formula is C14H18N4O3. The predicted octanol–water partition coefficient (Wildman–Crippen LogP) is 1.28. The molecule has 0 radical (unpaired) electrons. The molecule has 1 unspecified atom stereocenters. The molecule has 0 bridgehead atoms. The van der Waals surface area contributed by atoms with Crippen molar-refractivity contribution in [1.82, 2.24) is 5.32 Å². The molecule has 7 nitrogen and oxygen atoms in total. The van der Waals surface area contributed by atoms with Crippen LogP contribution < -0.4 is 15.5 Å². The maximum atomic E-state index is 11.5. The van der Waals surface area contributed by atoms with E-state index >= 15 is 0 Å². The van der Waals surface area contributed by atoms with Crippen molar-refractivity contribution in [3.63, 3.8) is 0 Å². The molecular weight excluding hydrogens is 272 g/mol. The highest BCUT2D eigenvalue weighted by Crippen LogP contribution is 2.38. The number of rotatable bonds is 4. The number of hydrogen-bond acceptors (Lipinski definition) is 5. The number of anilines is 2. The standard InChI is InChI=1S/C14H18N4O3/c1-2-17(10-3-4-15-8-10)12-7-11-9(6-14(19)16-11)5-13(12)18(20)21/h5,7,10,15H,2-4,6,8H2,1H3,(H,16,19). The quantitative estimate of drug-likeness (QED) is 0.644. The van der Waals surface area contributed by atoms with Crippen LogP contribution in [0.4, 0.5) is 17.1 Å². The molecule has 2 heterocycles. The van der Waals surface area contributed by atoms with Crippen LogP contribution in [0.2, 0.25) is 0 Å². The summed E-state index contributed by atoms with van der Waals surface area (Å²) in [7, 11) is 0. The van der Waals surface area contributed by atoms with Crippen molar-refractivity contribution in [2.24, 2.45) is 0 Å². The van der Waals surface area contributed by atoms with Gasteiger partial charge in [0.2, 0.25) is 5.91 Å². The minimum Gasteiger partial charge on any atom is -0.362 e. The van der Waals surface area contributed by atoms with Gasteiger partial charge in [-0.15, -0.1) is 0 Å². The van der Waals surface area contributed by atoms with E-state index in [0.29, 0.717) is 23.5 Å². The number of amides is 1. The number of fused-ring (bicyclic) bond motifs is 1. The second-order valence-electron chi connectivity index (χ2n) is 5.41. The minimum atomic E-state index is -0.358. The van der Waals surface area contributed by atoms with Gasteiger partial charge < -0.3 is 15.5 Å². The van der Waals surface area contributed by atoms with E-state index < -0.39 is 0 Å². The molecule has 21 heavy (non-hydrogen) atoms. The summed E-state index contributed by atoms with van der Waals surface area (Å²) in [5.74, 6) is -0.109. The molecule has 2 aliphatic rings. The number of likely N-dealkylation sites (N-methyl/N-ethyl adjacent to an activating group) is 1. The van der Waals surface area contributed by atoms with Crippen LogP contribution in [0.25, 0.3) is 0 Å². The molecule has 1 atom stereocenters. The van der Waals surface area contributed by atoms with Crippen molar-refractivity contribution in [2.45, 2.75) is 25.8 Å². The van der Waals surface area contributed by atoms with Crippen LogP contribution >= 0.6 is 0 Å². The van der Waals surface area contributed by atoms with Gasteiger partial charge in [-0.2, -0.15) is 0 Å². The lowest BCUT2D eigenvalue weighted by atomic mass is 10.1. The molecule has 0 saturated carbocycles. The molecule has 1 aromatic rings. The monoisotopic (exact) mass is 290 g/mol. The third-order valence-electron chi connectivity index (χ3n) is 4.15. The summed E-state index contributed by atoms with van der Waals surface area (Å²) in [6.45, 7) is 4.44. The highest BCUT2D eigenvalue weighted by molar-refractivity contribution is 6.00. The topological polar surface area (TPSA) is 87.5 Å². The van der Waals surface area contributed by atoms with Gasteiger partial charge in [-0.25, -0.2) is 0 Å². The van der Waals surface area contributed by atoms with Crippen LogP contribution in [0, 0.1) is 10.1 Å². The van der Waals surface area contributed by atoms with Gasteiger partial charge in [0, 0.05) is 30.9 Å². The Hall–Kier alpha value is -2.15. The predicted molar refractivity (Wildman–Crippen MR) is 79.7 cm³/mol. The largest absolute Gasteiger partial charge is 0.362 e. The summed E-state index contributed by atoms with van der Waals surface area (Å²) in [6.07, 6.45) is 1.18. The average Bonchev–Trinajstić information content (AvgIpc) is 3.06. The smallest absolute Gasteiger partial charge is 0.292 e. The molecule has 3 rings (SSSR count). The molecule has 0 aliphatic carbocycles. The summed E-state index contributed by atoms with van der Waals surface area (Å²) in [5, 5.41) is 17.4. The van der Waals surface area contributed by atoms with Crippen molar-refractivity contribution < 1.29 is 9.72 Å². The first kappa shape index (κ1) is 13.8. The van der Waals surface area contributed by atoms with Gasteiger partial charge in [0.15, 0.2) is 0 Å². The lowest BCUT2D eigenvalue weighted by Gasteiger charge is -2.29. The summed E-state index contributed by atoms with van der Waals surface area (Å²) in [4.78, 5) is 24.6. The van der Waals surface area contributed by atoms with E-state index in [2.05, 4.69) is 15.5 Å². The summed E-state index contributed by atoms with van der Waals surface area (Å²) < 4.78 is 0. The lowest BCUT2D eigenvalue weighted by Crippen LogP contribution is -2.37. The van der Waals surface area contributed by atoms with Gasteiger partial charge in [-0.05, 0) is 31.5 Å². The van der Waals surface area contributed by atoms with E-state index in [1.807, 2.05) is 6.92 Å². The average molecular weight is 290 g/mol. The number of nitrogens with zero attached hydrogens (tertiary/aromatic N) is 2. The van der Waals surface area contributed by atoms with Gasteiger partial charge in [0.25, 0.3) is 5.69 Å². The van der Waals surface area contributed by atoms with Crippen LogP contribution in [0.15, 0.2) is 12.1 Å². The summed E-state index contributed by atoms with van der Waals surface area (Å²) in [6, 6.07) is 3.54. The highest BCUT2D eigenvalue weighted by atomic mass is 16.6. The van der Waals surface area contributed by atoms with Crippen molar-refractivity contribution in [3.05, 3.63) is 27.8 Å². The van der Waals surface area contributed by atoms with Gasteiger partial charge in [-0.1, -0.05) is 0 Å². The van der Waals surface area contributed by atoms with Gasteiger partial charge >= 0.3 is 0 Å². The molecule has 2 N–H and O–H groups in total. The van der Waals surface area contributed by atoms with Crippen LogP contribution in [0.1, 0.15) is 18.9 Å². The Bertz CT molecular complexity index is 596. The van der Waals surface area contributed by atoms with E-state index in [4.69, 9.17) is 0 Å². The third-order valence-corrected chi connectivity index (χ3v) is 4.15. The Labute approximate surface area is 122 Å². The van der Waals surface area contributed by atoms with Crippen LogP contribution in [0.3, 0.4) is 0 Å². The molecule has 0 spiro atoms. The number of nitro groups is 1. The van der Waals surface area contributed by atoms with Crippen molar-refractivity contribution in [2.75, 3.05) is 29.9 Å². The Morgan fingerprint density at radius 1 is 1.48 bits per heavy atom. The Balaban J connectivity index is 2.05. The molecule has 0 aromatic heterocycles. The zero-order valence-corrected chi connectivity index (χ0v) is 11.9. The molecule has 1 fully saturated rings. The molecule has 7 heteroatoms. The van der Waals surface area contributed by atoms with E-state index in [1.54, 1.807) is 6.07 Å². The van der Waals surface area contributed by atoms with Gasteiger partial charge in [0.05, 0.1) is 11.3 Å². The SMILES string of the molecule is CCN(c1cc2c(cc1[N+](=O)[O-])CC(=O)N2)C1CCNC1. The molecule has 112 valence electrons. The first-order chi connectivity index (χ1) is 10.1. The fourth-order valence-electron chi connectivity index (χ4n) is 3.16. The lowest BCUT2D eigenvalue weighted by molar-refractivity contribution is -0.384. The second-order valence-corrected chi connectivity index (χ2v) is 5.41. The Kier molecular flexibility index (Phi) is 3.50. The van der Waals surface area contributed by atoms with E-state index in [1.165, 1.54) is 6.07 Å². The van der Waals surface area contributed by atoms with Crippen molar-refractivity contribution in [3.8, 4) is 0 Å². The zero-order chi connectivity index (χ0) is 15.0. The maximum Gasteiger partial charge on any atom is 0.292 e. The Morgan fingerprint density at radius 3 is 2.90 bits per heavy atom. The molecule has 1 saturated heterocycles. The number of carbonyl (C=O) groups is 1. The molecule has 1 aromatic carbocycles. The number of nitro benzene ring substituents is 1. The number of benzene rings is 1. The van der Waals surface area contributed by atoms with Gasteiger partial charge in [0.1, 0.15) is 5.69 Å². The van der Waals surface area contributed by atoms with Crippen LogP contribution in [-0.4, -0.2) is 36.5 Å². The molecule has 1 amide bonds. The van der Waals surface area contributed by atoms with E-state index in [9.17, 15) is 14.9 Å². The second kappa shape index (κ2) is 5.33. The number of nitrogens with one attached hydrogen (secondary N) is 2. The van der Waals surface area contributed by atoms with Gasteiger partial charge in [-0.3, -0.25) is 14.9 Å². The third kappa shape index (κ3) is 2.44. The fraction of sp³-hybridized carbons (Fsp3) is 0.500. The minimum absolute atomic E-state index is 0.0824. The molecule has 2 aliphatic heterocycles. The summed E-state index contributed by atoms with van der Waals surface area (Å²) >= 11 is 0. The first-order valence-electron chi connectivity index (χ1n) is 7.18. The normalized spacial score (nSPS) is 20.2. The van der Waals surface area contributed by atoms with Crippen LogP contribution in [0.5, 0.6) is 0 Å². The fourth-order valence-corrected chi connectivity index (χ4v) is 3.16. The number of carbonyl (C=O) groups excluding carboxylic acids is 1. The van der Waals surface area contributed by atoms with E-state index in [0.717, 1.165) is 19.5 Å². The number of hydrogen-bond donors (Lipinski definition) is 2. The summed E-state index contributed by atoms with van der Waals surface area (Å²) in [5.41, 5.74) is 2.08. The highest BCUT2D eigenvalue weighted by Gasteiger charge is 2.30. The zero-order valence-electron chi connectivity index (χ0n) is 11.9. The van der Waals surface area contributed by atoms with Crippen LogP contribution in [-0.2, 0) is 11.2 Å². The first-order valence-corrected chi connectivity index (χ1v) is 7.18. The van der Waals surface area contributed by atoms with Crippen molar-refractivity contribution >= 4 is 23.0 Å². The van der Waals surface area contributed by atoms with Crippen molar-refractivity contribution in [1.29, 1.82) is 0 Å².